The largest absolute Gasteiger partial charge is 0.464 e. The third-order valence-electron chi connectivity index (χ3n) is 4.90. The monoisotopic (exact) mass is 364 g/mol. The van der Waals surface area contributed by atoms with Crippen LogP contribution in [0.25, 0.3) is 11.0 Å². The quantitative estimate of drug-likeness (QED) is 0.827. The number of likely N-dealkylation sites (tertiary alicyclic amines) is 1. The minimum Gasteiger partial charge on any atom is -0.464 e. The maximum absolute atomic E-state index is 12.2. The predicted molar refractivity (Wildman–Crippen MR) is 98.9 cm³/mol. The Labute approximate surface area is 152 Å². The minimum atomic E-state index is -0.0184. The van der Waals surface area contributed by atoms with Crippen molar-refractivity contribution in [3.05, 3.63) is 34.5 Å². The van der Waals surface area contributed by atoms with Crippen molar-refractivity contribution >= 4 is 28.5 Å². The number of hydrogen-bond acceptors (Lipinski definition) is 4. The van der Waals surface area contributed by atoms with E-state index in [4.69, 9.17) is 16.0 Å². The van der Waals surface area contributed by atoms with Gasteiger partial charge in [0.15, 0.2) is 0 Å². The van der Waals surface area contributed by atoms with Crippen LogP contribution in [0.2, 0.25) is 5.02 Å². The van der Waals surface area contributed by atoms with Crippen molar-refractivity contribution < 1.29 is 14.3 Å². The number of halogens is 1. The van der Waals surface area contributed by atoms with E-state index in [0.29, 0.717) is 17.5 Å². The first-order chi connectivity index (χ1) is 12.1. The summed E-state index contributed by atoms with van der Waals surface area (Å²) in [5, 5.41) is 13.8. The van der Waals surface area contributed by atoms with Gasteiger partial charge >= 0.3 is 0 Å². The maximum Gasteiger partial charge on any atom is 0.224 e. The standard InChI is InChI=1S/C19H25ClN2O3/c1-13-7-18-16(9-17(13)20)15(12-25-18)8-19(24)21-4-6-22-5-2-3-14(10-22)11-23/h7,9,12,14,23H,2-6,8,10-11H2,1H3,(H,21,24). The molecule has 1 amide bonds. The number of piperidine rings is 1. The number of benzene rings is 1. The number of amides is 1. The van der Waals surface area contributed by atoms with Crippen LogP contribution < -0.4 is 5.32 Å². The van der Waals surface area contributed by atoms with E-state index in [1.807, 2.05) is 19.1 Å². The van der Waals surface area contributed by atoms with Crippen LogP contribution in [-0.4, -0.2) is 48.7 Å². The molecule has 1 aromatic heterocycles. The Morgan fingerprint density at radius 1 is 1.48 bits per heavy atom. The molecule has 1 aliphatic rings. The van der Waals surface area contributed by atoms with Gasteiger partial charge in [-0.1, -0.05) is 11.6 Å². The maximum atomic E-state index is 12.2. The van der Waals surface area contributed by atoms with Crippen molar-refractivity contribution in [2.24, 2.45) is 5.92 Å². The third-order valence-corrected chi connectivity index (χ3v) is 5.30. The fourth-order valence-electron chi connectivity index (χ4n) is 3.43. The summed E-state index contributed by atoms with van der Waals surface area (Å²) >= 11 is 6.18. The highest BCUT2D eigenvalue weighted by atomic mass is 35.5. The SMILES string of the molecule is Cc1cc2occ(CC(=O)NCCN3CCCC(CO)C3)c2cc1Cl. The highest BCUT2D eigenvalue weighted by Crippen LogP contribution is 2.27. The van der Waals surface area contributed by atoms with Gasteiger partial charge in [-0.05, 0) is 49.9 Å². The second kappa shape index (κ2) is 8.21. The molecule has 3 rings (SSSR count). The Kier molecular flexibility index (Phi) is 5.99. The lowest BCUT2D eigenvalue weighted by Crippen LogP contribution is -2.41. The molecule has 2 N–H and O–H groups in total. The molecule has 1 aliphatic heterocycles. The van der Waals surface area contributed by atoms with Crippen LogP contribution in [0.1, 0.15) is 24.0 Å². The van der Waals surface area contributed by atoms with Crippen LogP contribution in [0, 0.1) is 12.8 Å². The minimum absolute atomic E-state index is 0.0184. The van der Waals surface area contributed by atoms with E-state index in [2.05, 4.69) is 10.2 Å². The van der Waals surface area contributed by atoms with Gasteiger partial charge in [-0.15, -0.1) is 0 Å². The first-order valence-corrected chi connectivity index (χ1v) is 9.20. The molecule has 2 aromatic rings. The second-order valence-electron chi connectivity index (χ2n) is 6.88. The van der Waals surface area contributed by atoms with E-state index in [0.717, 1.165) is 54.6 Å². The summed E-state index contributed by atoms with van der Waals surface area (Å²) in [4.78, 5) is 14.5. The van der Waals surface area contributed by atoms with E-state index in [1.165, 1.54) is 0 Å². The van der Waals surface area contributed by atoms with Gasteiger partial charge in [-0.2, -0.15) is 0 Å². The number of aryl methyl sites for hydroxylation is 1. The smallest absolute Gasteiger partial charge is 0.224 e. The number of nitrogens with zero attached hydrogens (tertiary/aromatic N) is 1. The highest BCUT2D eigenvalue weighted by molar-refractivity contribution is 6.32. The molecule has 0 bridgehead atoms. The zero-order valence-corrected chi connectivity index (χ0v) is 15.3. The van der Waals surface area contributed by atoms with Crippen LogP contribution in [-0.2, 0) is 11.2 Å². The molecule has 0 radical (unpaired) electrons. The third kappa shape index (κ3) is 4.54. The Hall–Kier alpha value is -1.56. The average Bonchev–Trinajstić information content (AvgIpc) is 2.97. The fraction of sp³-hybridized carbons (Fsp3) is 0.526. The molecule has 2 heterocycles. The van der Waals surface area contributed by atoms with Gasteiger partial charge in [0, 0.05) is 42.2 Å². The van der Waals surface area contributed by atoms with Crippen LogP contribution in [0.3, 0.4) is 0 Å². The molecule has 5 nitrogen and oxygen atoms in total. The van der Waals surface area contributed by atoms with E-state index >= 15 is 0 Å². The van der Waals surface area contributed by atoms with E-state index in [-0.39, 0.29) is 18.9 Å². The summed E-state index contributed by atoms with van der Waals surface area (Å²) in [6.45, 7) is 5.57. The Bertz CT molecular complexity index is 744. The van der Waals surface area contributed by atoms with Crippen LogP contribution >= 0.6 is 11.6 Å². The first kappa shape index (κ1) is 18.2. The van der Waals surface area contributed by atoms with E-state index < -0.39 is 0 Å². The molecule has 1 saturated heterocycles. The molecule has 1 aromatic carbocycles. The topological polar surface area (TPSA) is 65.7 Å². The molecular weight excluding hydrogens is 340 g/mol. The molecule has 0 spiro atoms. The van der Waals surface area contributed by atoms with E-state index in [1.54, 1.807) is 6.26 Å². The molecule has 0 aliphatic carbocycles. The van der Waals surface area contributed by atoms with Gasteiger partial charge in [0.05, 0.1) is 12.7 Å². The highest BCUT2D eigenvalue weighted by Gasteiger charge is 2.19. The first-order valence-electron chi connectivity index (χ1n) is 8.83. The summed E-state index contributed by atoms with van der Waals surface area (Å²) in [7, 11) is 0. The van der Waals surface area contributed by atoms with Gasteiger partial charge in [0.1, 0.15) is 5.58 Å². The lowest BCUT2D eigenvalue weighted by Gasteiger charge is -2.31. The number of hydrogen-bond donors (Lipinski definition) is 2. The van der Waals surface area contributed by atoms with Crippen molar-refractivity contribution in [2.45, 2.75) is 26.2 Å². The molecule has 6 heteroatoms. The summed E-state index contributed by atoms with van der Waals surface area (Å²) < 4.78 is 5.54. The molecule has 0 saturated carbocycles. The van der Waals surface area contributed by atoms with Crippen molar-refractivity contribution in [1.82, 2.24) is 10.2 Å². The van der Waals surface area contributed by atoms with Gasteiger partial charge in [0.25, 0.3) is 0 Å². The normalized spacial score (nSPS) is 18.6. The zero-order valence-electron chi connectivity index (χ0n) is 14.6. The number of aliphatic hydroxyl groups is 1. The summed E-state index contributed by atoms with van der Waals surface area (Å²) in [6, 6.07) is 3.76. The predicted octanol–water partition coefficient (Wildman–Crippen LogP) is 2.76. The Morgan fingerprint density at radius 3 is 3.12 bits per heavy atom. The molecule has 1 fully saturated rings. The number of aliphatic hydroxyl groups excluding tert-OH is 1. The Balaban J connectivity index is 1.50. The molecular formula is C19H25ClN2O3. The van der Waals surface area contributed by atoms with Crippen molar-refractivity contribution in [3.63, 3.8) is 0 Å². The summed E-state index contributed by atoms with van der Waals surface area (Å²) in [5.74, 6) is 0.352. The second-order valence-corrected chi connectivity index (χ2v) is 7.28. The van der Waals surface area contributed by atoms with Gasteiger partial charge < -0.3 is 19.7 Å². The van der Waals surface area contributed by atoms with Crippen molar-refractivity contribution in [3.8, 4) is 0 Å². The Morgan fingerprint density at radius 2 is 2.32 bits per heavy atom. The van der Waals surface area contributed by atoms with Gasteiger partial charge in [0.2, 0.25) is 5.91 Å². The molecule has 1 unspecified atom stereocenters. The summed E-state index contributed by atoms with van der Waals surface area (Å²) in [6.07, 6.45) is 4.12. The van der Waals surface area contributed by atoms with Crippen LogP contribution in [0.15, 0.2) is 22.8 Å². The van der Waals surface area contributed by atoms with Gasteiger partial charge in [-0.25, -0.2) is 0 Å². The molecule has 136 valence electrons. The van der Waals surface area contributed by atoms with Crippen molar-refractivity contribution in [2.75, 3.05) is 32.8 Å². The number of furan rings is 1. The summed E-state index contributed by atoms with van der Waals surface area (Å²) in [5.41, 5.74) is 2.57. The number of fused-ring (bicyclic) bond motifs is 1. The lowest BCUT2D eigenvalue weighted by molar-refractivity contribution is -0.120. The van der Waals surface area contributed by atoms with Crippen LogP contribution in [0.4, 0.5) is 0 Å². The molecule has 1 atom stereocenters. The van der Waals surface area contributed by atoms with Crippen molar-refractivity contribution in [1.29, 1.82) is 0 Å². The number of carbonyl (C=O) groups is 1. The lowest BCUT2D eigenvalue weighted by atomic mass is 9.99. The number of nitrogens with one attached hydrogen (secondary N) is 1. The average molecular weight is 365 g/mol. The van der Waals surface area contributed by atoms with Crippen LogP contribution in [0.5, 0.6) is 0 Å². The number of carbonyl (C=O) groups excluding carboxylic acids is 1. The number of rotatable bonds is 6. The molecule has 25 heavy (non-hydrogen) atoms. The van der Waals surface area contributed by atoms with Gasteiger partial charge in [-0.3, -0.25) is 4.79 Å². The fourth-order valence-corrected chi connectivity index (χ4v) is 3.59. The van der Waals surface area contributed by atoms with E-state index in [9.17, 15) is 9.90 Å². The zero-order chi connectivity index (χ0) is 17.8.